The highest BCUT2D eigenvalue weighted by Crippen LogP contribution is 2.33. The zero-order valence-electron chi connectivity index (χ0n) is 12.2. The first-order chi connectivity index (χ1) is 9.24. The molecule has 2 atom stereocenters. The fourth-order valence-corrected chi connectivity index (χ4v) is 2.96. The summed E-state index contributed by atoms with van der Waals surface area (Å²) in [5.74, 6) is -0.244. The number of nitrogens with zero attached hydrogens (tertiary/aromatic N) is 1. The minimum atomic E-state index is -4.34. The quantitative estimate of drug-likeness (QED) is 0.847. The van der Waals surface area contributed by atoms with Crippen LogP contribution in [0.4, 0.5) is 13.2 Å². The molecule has 118 valence electrons. The summed E-state index contributed by atoms with van der Waals surface area (Å²) >= 11 is 0. The van der Waals surface area contributed by atoms with E-state index in [1.165, 1.54) is 0 Å². The Labute approximate surface area is 118 Å². The molecule has 0 radical (unpaired) electrons. The van der Waals surface area contributed by atoms with E-state index >= 15 is 0 Å². The van der Waals surface area contributed by atoms with Crippen LogP contribution >= 0.6 is 0 Å². The average molecular weight is 294 g/mol. The molecule has 0 heterocycles. The number of hydrogen-bond donors (Lipinski definition) is 1. The molecule has 0 spiro atoms. The summed E-state index contributed by atoms with van der Waals surface area (Å²) in [6.07, 6.45) is -0.185. The normalized spacial score (nSPS) is 23.9. The summed E-state index contributed by atoms with van der Waals surface area (Å²) in [5.41, 5.74) is 5.53. The van der Waals surface area contributed by atoms with E-state index in [0.717, 1.165) is 24.2 Å². The first-order valence-electron chi connectivity index (χ1n) is 7.32. The van der Waals surface area contributed by atoms with Crippen LogP contribution in [0.15, 0.2) is 0 Å². The molecule has 1 saturated carbocycles. The number of carbonyl (C=O) groups is 1. The maximum atomic E-state index is 12.6. The van der Waals surface area contributed by atoms with Gasteiger partial charge in [-0.05, 0) is 45.6 Å². The molecule has 1 rings (SSSR count). The fourth-order valence-electron chi connectivity index (χ4n) is 2.96. The van der Waals surface area contributed by atoms with Crippen molar-refractivity contribution in [2.45, 2.75) is 58.2 Å². The second-order valence-corrected chi connectivity index (χ2v) is 5.98. The van der Waals surface area contributed by atoms with E-state index in [4.69, 9.17) is 5.73 Å². The van der Waals surface area contributed by atoms with Crippen molar-refractivity contribution in [3.05, 3.63) is 0 Å². The van der Waals surface area contributed by atoms with E-state index in [1.807, 2.05) is 0 Å². The lowest BCUT2D eigenvalue weighted by Crippen LogP contribution is -2.46. The van der Waals surface area contributed by atoms with Gasteiger partial charge in [-0.25, -0.2) is 0 Å². The Morgan fingerprint density at radius 1 is 1.35 bits per heavy atom. The Morgan fingerprint density at radius 2 is 2.00 bits per heavy atom. The van der Waals surface area contributed by atoms with E-state index in [0.29, 0.717) is 25.3 Å². The van der Waals surface area contributed by atoms with Crippen LogP contribution in [0.1, 0.15) is 46.0 Å². The van der Waals surface area contributed by atoms with Crippen molar-refractivity contribution in [1.29, 1.82) is 0 Å². The Bertz CT molecular complexity index is 316. The summed E-state index contributed by atoms with van der Waals surface area (Å²) in [6, 6.07) is -0.431. The van der Waals surface area contributed by atoms with Gasteiger partial charge in [-0.2, -0.15) is 13.2 Å². The van der Waals surface area contributed by atoms with E-state index in [1.54, 1.807) is 13.8 Å². The summed E-state index contributed by atoms with van der Waals surface area (Å²) in [5, 5.41) is 0. The van der Waals surface area contributed by atoms with Crippen molar-refractivity contribution in [1.82, 2.24) is 4.90 Å². The van der Waals surface area contributed by atoms with Gasteiger partial charge in [-0.3, -0.25) is 4.79 Å². The number of amides is 1. The van der Waals surface area contributed by atoms with Crippen molar-refractivity contribution in [3.8, 4) is 0 Å². The van der Waals surface area contributed by atoms with Crippen LogP contribution in [0, 0.1) is 11.8 Å². The number of nitrogens with two attached hydrogens (primary N) is 1. The molecule has 0 aromatic heterocycles. The van der Waals surface area contributed by atoms with Crippen LogP contribution in [-0.4, -0.2) is 36.1 Å². The number of alkyl halides is 3. The van der Waals surface area contributed by atoms with Gasteiger partial charge in [0.15, 0.2) is 0 Å². The average Bonchev–Trinajstić information content (AvgIpc) is 2.34. The van der Waals surface area contributed by atoms with Crippen LogP contribution in [0.3, 0.4) is 0 Å². The molecular weight excluding hydrogens is 269 g/mol. The Kier molecular flexibility index (Phi) is 6.30. The first kappa shape index (κ1) is 17.3. The number of carbonyl (C=O) groups excluding carboxylic acids is 1. The lowest BCUT2D eigenvalue weighted by molar-refractivity contribution is -0.168. The standard InChI is InChI=1S/C14H25F3N2O/c1-10(2)19(9-14(15,16)17)13(20)12-5-3-4-11(8-12)6-7-18/h10-12H,3-9,18H2,1-2H3. The van der Waals surface area contributed by atoms with Gasteiger partial charge >= 0.3 is 6.18 Å². The van der Waals surface area contributed by atoms with E-state index in [2.05, 4.69) is 0 Å². The zero-order chi connectivity index (χ0) is 15.3. The van der Waals surface area contributed by atoms with Crippen molar-refractivity contribution in [2.75, 3.05) is 13.1 Å². The van der Waals surface area contributed by atoms with Crippen molar-refractivity contribution >= 4 is 5.91 Å². The topological polar surface area (TPSA) is 46.3 Å². The molecule has 0 aliphatic heterocycles. The fraction of sp³-hybridized carbons (Fsp3) is 0.929. The SMILES string of the molecule is CC(C)N(CC(F)(F)F)C(=O)C1CCCC(CCN)C1. The van der Waals surface area contributed by atoms with Gasteiger partial charge in [0.25, 0.3) is 0 Å². The molecule has 1 aliphatic rings. The summed E-state index contributed by atoms with van der Waals surface area (Å²) in [6.45, 7) is 2.68. The second kappa shape index (κ2) is 7.29. The maximum absolute atomic E-state index is 12.6. The third-order valence-corrected chi connectivity index (χ3v) is 3.96. The van der Waals surface area contributed by atoms with E-state index < -0.39 is 18.8 Å². The van der Waals surface area contributed by atoms with Crippen LogP contribution in [-0.2, 0) is 4.79 Å². The predicted octanol–water partition coefficient (Wildman–Crippen LogP) is 2.94. The monoisotopic (exact) mass is 294 g/mol. The van der Waals surface area contributed by atoms with Crippen molar-refractivity contribution in [2.24, 2.45) is 17.6 Å². The molecule has 0 aromatic rings. The molecule has 20 heavy (non-hydrogen) atoms. The van der Waals surface area contributed by atoms with Crippen LogP contribution in [0.5, 0.6) is 0 Å². The van der Waals surface area contributed by atoms with Gasteiger partial charge in [0, 0.05) is 12.0 Å². The minimum absolute atomic E-state index is 0.273. The zero-order valence-corrected chi connectivity index (χ0v) is 12.2. The Balaban J connectivity index is 2.69. The number of rotatable bonds is 5. The Morgan fingerprint density at radius 3 is 2.50 bits per heavy atom. The third kappa shape index (κ3) is 5.31. The molecule has 2 N–H and O–H groups in total. The maximum Gasteiger partial charge on any atom is 0.406 e. The summed E-state index contributed by atoms with van der Waals surface area (Å²) in [4.78, 5) is 13.3. The smallest absolute Gasteiger partial charge is 0.331 e. The Hall–Kier alpha value is -0.780. The highest BCUT2D eigenvalue weighted by atomic mass is 19.4. The number of halogens is 3. The predicted molar refractivity (Wildman–Crippen MR) is 72.0 cm³/mol. The molecular formula is C14H25F3N2O. The highest BCUT2D eigenvalue weighted by molar-refractivity contribution is 5.79. The van der Waals surface area contributed by atoms with Crippen LogP contribution < -0.4 is 5.73 Å². The van der Waals surface area contributed by atoms with E-state index in [-0.39, 0.29) is 11.8 Å². The van der Waals surface area contributed by atoms with Crippen molar-refractivity contribution in [3.63, 3.8) is 0 Å². The molecule has 0 bridgehead atoms. The first-order valence-corrected chi connectivity index (χ1v) is 7.32. The van der Waals surface area contributed by atoms with E-state index in [9.17, 15) is 18.0 Å². The van der Waals surface area contributed by atoms with Crippen LogP contribution in [0.2, 0.25) is 0 Å². The lowest BCUT2D eigenvalue weighted by Gasteiger charge is -2.35. The summed E-state index contributed by atoms with van der Waals surface area (Å²) < 4.78 is 37.7. The molecule has 1 fully saturated rings. The molecule has 6 heteroatoms. The minimum Gasteiger partial charge on any atom is -0.331 e. The highest BCUT2D eigenvalue weighted by Gasteiger charge is 2.37. The van der Waals surface area contributed by atoms with Gasteiger partial charge < -0.3 is 10.6 Å². The van der Waals surface area contributed by atoms with Gasteiger partial charge in [-0.1, -0.05) is 12.8 Å². The molecule has 1 amide bonds. The van der Waals surface area contributed by atoms with Crippen LogP contribution in [0.25, 0.3) is 0 Å². The van der Waals surface area contributed by atoms with Gasteiger partial charge in [0.1, 0.15) is 6.54 Å². The second-order valence-electron chi connectivity index (χ2n) is 5.98. The largest absolute Gasteiger partial charge is 0.406 e. The summed E-state index contributed by atoms with van der Waals surface area (Å²) in [7, 11) is 0. The van der Waals surface area contributed by atoms with Gasteiger partial charge in [-0.15, -0.1) is 0 Å². The molecule has 0 saturated heterocycles. The molecule has 1 aliphatic carbocycles. The third-order valence-electron chi connectivity index (χ3n) is 3.96. The molecule has 2 unspecified atom stereocenters. The molecule has 0 aromatic carbocycles. The van der Waals surface area contributed by atoms with Gasteiger partial charge in [0.05, 0.1) is 0 Å². The molecule has 3 nitrogen and oxygen atoms in total. The van der Waals surface area contributed by atoms with Crippen molar-refractivity contribution < 1.29 is 18.0 Å². The lowest BCUT2D eigenvalue weighted by atomic mass is 9.79. The van der Waals surface area contributed by atoms with Gasteiger partial charge in [0.2, 0.25) is 5.91 Å². The number of hydrogen-bond acceptors (Lipinski definition) is 2.